The molecule has 1 rings (SSSR count). The molecule has 0 spiro atoms. The van der Waals surface area contributed by atoms with Crippen LogP contribution < -0.4 is 5.32 Å². The molecule has 0 saturated carbocycles. The second-order valence-corrected chi connectivity index (χ2v) is 4.34. The van der Waals surface area contributed by atoms with Crippen molar-refractivity contribution in [1.29, 1.82) is 0 Å². The maximum Gasteiger partial charge on any atom is 0.115 e. The van der Waals surface area contributed by atoms with E-state index in [0.29, 0.717) is 5.75 Å². The molecule has 84 valence electrons. The smallest absolute Gasteiger partial charge is 0.115 e. The van der Waals surface area contributed by atoms with Crippen molar-refractivity contribution in [3.05, 3.63) is 0 Å². The number of thioether (sulfide) groups is 1. The number of hydrogen-bond acceptors (Lipinski definition) is 7. The van der Waals surface area contributed by atoms with Crippen molar-refractivity contribution in [3.8, 4) is 0 Å². The van der Waals surface area contributed by atoms with Crippen molar-refractivity contribution in [2.24, 2.45) is 0 Å². The molecule has 1 saturated heterocycles. The first-order chi connectivity index (χ1) is 6.56. The first-order valence-corrected chi connectivity index (χ1v) is 5.32. The molecule has 0 unspecified atom stereocenters. The molecule has 5 atom stereocenters. The Morgan fingerprint density at radius 2 is 2.00 bits per heavy atom. The zero-order chi connectivity index (χ0) is 10.7. The lowest BCUT2D eigenvalue weighted by atomic mass is 10.1. The van der Waals surface area contributed by atoms with Crippen LogP contribution in [0.15, 0.2) is 0 Å². The Morgan fingerprint density at radius 1 is 1.36 bits per heavy atom. The Balaban J connectivity index is 2.43. The maximum atomic E-state index is 9.52. The highest BCUT2D eigenvalue weighted by Gasteiger charge is 2.35. The molecule has 6 N–H and O–H groups in total. The molecular weight excluding hydrogens is 210 g/mol. The van der Waals surface area contributed by atoms with Crippen molar-refractivity contribution < 1.29 is 25.5 Å². The van der Waals surface area contributed by atoms with Crippen LogP contribution in [0.3, 0.4) is 0 Å². The van der Waals surface area contributed by atoms with E-state index in [1.165, 1.54) is 11.8 Å². The van der Waals surface area contributed by atoms with Gasteiger partial charge in [-0.2, -0.15) is 0 Å². The van der Waals surface area contributed by atoms with E-state index >= 15 is 0 Å². The summed E-state index contributed by atoms with van der Waals surface area (Å²) in [7, 11) is 0. The molecule has 0 aromatic carbocycles. The number of hydrogen-bond donors (Lipinski definition) is 6. The van der Waals surface area contributed by atoms with Gasteiger partial charge in [0.2, 0.25) is 0 Å². The summed E-state index contributed by atoms with van der Waals surface area (Å²) in [5.74, 6) is 0.420. The largest absolute Gasteiger partial charge is 0.394 e. The molecule has 14 heavy (non-hydrogen) atoms. The zero-order valence-corrected chi connectivity index (χ0v) is 8.26. The Bertz CT molecular complexity index is 181. The van der Waals surface area contributed by atoms with Gasteiger partial charge in [0.15, 0.2) is 0 Å². The third kappa shape index (κ3) is 2.80. The number of nitrogens with one attached hydrogen (secondary N) is 1. The minimum Gasteiger partial charge on any atom is -0.394 e. The van der Waals surface area contributed by atoms with Crippen LogP contribution in [0.5, 0.6) is 0 Å². The highest BCUT2D eigenvalue weighted by molar-refractivity contribution is 8.00. The van der Waals surface area contributed by atoms with Gasteiger partial charge in [-0.25, -0.2) is 0 Å². The van der Waals surface area contributed by atoms with E-state index in [1.807, 2.05) is 0 Å². The van der Waals surface area contributed by atoms with Crippen LogP contribution in [0.2, 0.25) is 0 Å². The van der Waals surface area contributed by atoms with Gasteiger partial charge in [-0.1, -0.05) is 0 Å². The van der Waals surface area contributed by atoms with Crippen LogP contribution in [0.1, 0.15) is 0 Å². The quantitative estimate of drug-likeness (QED) is 0.303. The molecule has 1 heterocycles. The molecule has 6 nitrogen and oxygen atoms in total. The van der Waals surface area contributed by atoms with Crippen molar-refractivity contribution in [1.82, 2.24) is 5.32 Å². The summed E-state index contributed by atoms with van der Waals surface area (Å²) in [6, 6.07) is 0. The molecule has 0 amide bonds. The SMILES string of the molecule is OC[C@@H](O)[C@@H](O)[C@@H](O)[C@@H]1N[C@H](O)CS1. The van der Waals surface area contributed by atoms with E-state index in [0.717, 1.165) is 0 Å². The lowest BCUT2D eigenvalue weighted by molar-refractivity contribution is -0.0800. The average molecular weight is 225 g/mol. The molecule has 0 radical (unpaired) electrons. The van der Waals surface area contributed by atoms with Crippen molar-refractivity contribution in [2.75, 3.05) is 12.4 Å². The summed E-state index contributed by atoms with van der Waals surface area (Å²) >= 11 is 1.25. The third-order valence-corrected chi connectivity index (χ3v) is 3.31. The predicted octanol–water partition coefficient (Wildman–Crippen LogP) is -2.96. The van der Waals surface area contributed by atoms with Gasteiger partial charge in [0.25, 0.3) is 0 Å². The standard InChI is InChI=1S/C7H15NO5S/c9-1-3(10)5(12)6(13)7-8-4(11)2-14-7/h3-13H,1-2H2/t3-,4-,5-,6-,7-/m1/s1. The van der Waals surface area contributed by atoms with Crippen LogP contribution in [0.25, 0.3) is 0 Å². The van der Waals surface area contributed by atoms with E-state index < -0.39 is 36.5 Å². The summed E-state index contributed by atoms with van der Waals surface area (Å²) < 4.78 is 0. The molecule has 0 aromatic heterocycles. The summed E-state index contributed by atoms with van der Waals surface area (Å²) in [5, 5.41) is 47.7. The topological polar surface area (TPSA) is 113 Å². The summed E-state index contributed by atoms with van der Waals surface area (Å²) in [6.45, 7) is -0.613. The lowest BCUT2D eigenvalue weighted by Crippen LogP contribution is -2.49. The first kappa shape index (κ1) is 12.2. The third-order valence-electron chi connectivity index (χ3n) is 2.03. The van der Waals surface area contributed by atoms with Gasteiger partial charge in [-0.3, -0.25) is 5.32 Å². The highest BCUT2D eigenvalue weighted by Crippen LogP contribution is 2.22. The lowest BCUT2D eigenvalue weighted by Gasteiger charge is -2.25. The van der Waals surface area contributed by atoms with E-state index in [-0.39, 0.29) is 0 Å². The predicted molar refractivity (Wildman–Crippen MR) is 50.5 cm³/mol. The second-order valence-electron chi connectivity index (χ2n) is 3.17. The Morgan fingerprint density at radius 3 is 2.43 bits per heavy atom. The first-order valence-electron chi connectivity index (χ1n) is 4.27. The minimum atomic E-state index is -1.42. The monoisotopic (exact) mass is 225 g/mol. The van der Waals surface area contributed by atoms with Crippen LogP contribution in [0, 0.1) is 0 Å². The van der Waals surface area contributed by atoms with Crippen molar-refractivity contribution in [2.45, 2.75) is 29.9 Å². The van der Waals surface area contributed by atoms with Gasteiger partial charge in [0.05, 0.1) is 12.0 Å². The van der Waals surface area contributed by atoms with Gasteiger partial charge in [-0.15, -0.1) is 11.8 Å². The molecular formula is C7H15NO5S. The fraction of sp³-hybridized carbons (Fsp3) is 1.00. The van der Waals surface area contributed by atoms with Gasteiger partial charge in [0, 0.05) is 5.75 Å². The molecule has 0 aromatic rings. The van der Waals surface area contributed by atoms with E-state index in [4.69, 9.17) is 15.3 Å². The Kier molecular flexibility index (Phi) is 4.58. The molecule has 1 fully saturated rings. The van der Waals surface area contributed by atoms with Gasteiger partial charge < -0.3 is 25.5 Å². The summed E-state index contributed by atoms with van der Waals surface area (Å²) in [6.07, 6.45) is -4.72. The highest BCUT2D eigenvalue weighted by atomic mass is 32.2. The Labute approximate surface area is 85.6 Å². The molecule has 1 aliphatic heterocycles. The van der Waals surface area contributed by atoms with E-state index in [2.05, 4.69) is 5.32 Å². The van der Waals surface area contributed by atoms with Gasteiger partial charge in [0.1, 0.15) is 24.5 Å². The minimum absolute atomic E-state index is 0.420. The van der Waals surface area contributed by atoms with Crippen LogP contribution in [0.4, 0.5) is 0 Å². The van der Waals surface area contributed by atoms with E-state index in [1.54, 1.807) is 0 Å². The van der Waals surface area contributed by atoms with Gasteiger partial charge in [-0.05, 0) is 0 Å². The average Bonchev–Trinajstić information content (AvgIpc) is 2.61. The maximum absolute atomic E-state index is 9.52. The molecule has 1 aliphatic rings. The molecule has 7 heteroatoms. The number of aliphatic hydroxyl groups excluding tert-OH is 5. The molecule has 0 aliphatic carbocycles. The van der Waals surface area contributed by atoms with Crippen LogP contribution in [-0.4, -0.2) is 67.8 Å². The molecule has 0 bridgehead atoms. The van der Waals surface area contributed by atoms with Gasteiger partial charge >= 0.3 is 0 Å². The summed E-state index contributed by atoms with van der Waals surface area (Å²) in [4.78, 5) is 0. The fourth-order valence-corrected chi connectivity index (χ4v) is 2.29. The number of rotatable bonds is 4. The van der Waals surface area contributed by atoms with Crippen LogP contribution in [-0.2, 0) is 0 Å². The van der Waals surface area contributed by atoms with Crippen molar-refractivity contribution in [3.63, 3.8) is 0 Å². The zero-order valence-electron chi connectivity index (χ0n) is 7.45. The fourth-order valence-electron chi connectivity index (χ4n) is 1.19. The van der Waals surface area contributed by atoms with Crippen molar-refractivity contribution >= 4 is 11.8 Å². The summed E-state index contributed by atoms with van der Waals surface area (Å²) in [5.41, 5.74) is 0. The van der Waals surface area contributed by atoms with Crippen LogP contribution >= 0.6 is 11.8 Å². The normalized spacial score (nSPS) is 34.1. The second kappa shape index (κ2) is 5.26. The Hall–Kier alpha value is 0.110. The van der Waals surface area contributed by atoms with E-state index in [9.17, 15) is 10.2 Å². The number of aliphatic hydroxyl groups is 5.